The maximum Gasteiger partial charge on any atom is 0.208 e. The molecule has 0 bridgehead atoms. The zero-order valence-electron chi connectivity index (χ0n) is 8.91. The Bertz CT molecular complexity index is 262. The van der Waals surface area contributed by atoms with Gasteiger partial charge in [0.15, 0.2) is 0 Å². The Hall–Kier alpha value is -0.550. The van der Waals surface area contributed by atoms with E-state index in [-0.39, 0.29) is 0 Å². The lowest BCUT2D eigenvalue weighted by Crippen LogP contribution is -1.96. The van der Waals surface area contributed by atoms with Crippen molar-refractivity contribution in [1.82, 2.24) is 15.2 Å². The lowest BCUT2D eigenvalue weighted by atomic mass is 10.2. The summed E-state index contributed by atoms with van der Waals surface area (Å²) in [5.74, 6) is 2.26. The van der Waals surface area contributed by atoms with E-state index in [0.717, 1.165) is 29.9 Å². The molecule has 0 aliphatic rings. The molecule has 5 heteroatoms. The van der Waals surface area contributed by atoms with E-state index in [4.69, 9.17) is 4.74 Å². The second kappa shape index (κ2) is 6.03. The van der Waals surface area contributed by atoms with E-state index < -0.39 is 0 Å². The summed E-state index contributed by atoms with van der Waals surface area (Å²) in [5.41, 5.74) is 0. The van der Waals surface area contributed by atoms with E-state index in [2.05, 4.69) is 29.0 Å². The van der Waals surface area contributed by atoms with E-state index in [0.29, 0.717) is 5.92 Å². The van der Waals surface area contributed by atoms with Gasteiger partial charge in [-0.3, -0.25) is 5.10 Å². The Morgan fingerprint density at radius 2 is 2.29 bits per heavy atom. The Morgan fingerprint density at radius 1 is 1.50 bits per heavy atom. The first-order valence-corrected chi connectivity index (χ1v) is 5.85. The molecule has 80 valence electrons. The number of rotatable bonds is 6. The van der Waals surface area contributed by atoms with Gasteiger partial charge in [-0.05, 0) is 6.92 Å². The van der Waals surface area contributed by atoms with Gasteiger partial charge < -0.3 is 4.74 Å². The molecule has 1 aromatic rings. The van der Waals surface area contributed by atoms with Crippen molar-refractivity contribution in [2.75, 3.05) is 19.0 Å². The number of thioether (sulfide) groups is 1. The fourth-order valence-corrected chi connectivity index (χ4v) is 1.57. The number of nitrogens with one attached hydrogen (secondary N) is 1. The molecule has 4 nitrogen and oxygen atoms in total. The second-order valence-corrected chi connectivity index (χ2v) is 4.27. The van der Waals surface area contributed by atoms with Crippen molar-refractivity contribution in [3.8, 4) is 0 Å². The molecular formula is C9H17N3OS. The summed E-state index contributed by atoms with van der Waals surface area (Å²) >= 11 is 1.62. The molecule has 0 fully saturated rings. The molecule has 1 aromatic heterocycles. The maximum absolute atomic E-state index is 5.22. The van der Waals surface area contributed by atoms with Crippen LogP contribution in [0, 0.1) is 0 Å². The van der Waals surface area contributed by atoms with Crippen molar-refractivity contribution < 1.29 is 4.74 Å². The molecule has 0 aromatic carbocycles. The summed E-state index contributed by atoms with van der Waals surface area (Å²) in [5, 5.41) is 7.84. The average molecular weight is 215 g/mol. The zero-order valence-corrected chi connectivity index (χ0v) is 9.73. The van der Waals surface area contributed by atoms with Gasteiger partial charge in [0.05, 0.1) is 6.61 Å². The molecule has 1 N–H and O–H groups in total. The van der Waals surface area contributed by atoms with E-state index >= 15 is 0 Å². The Morgan fingerprint density at radius 3 is 2.86 bits per heavy atom. The van der Waals surface area contributed by atoms with Crippen LogP contribution in [0.25, 0.3) is 0 Å². The Labute approximate surface area is 88.8 Å². The number of hydrogen-bond acceptors (Lipinski definition) is 4. The first-order chi connectivity index (χ1) is 6.74. The molecule has 0 aliphatic carbocycles. The quantitative estimate of drug-likeness (QED) is 0.583. The zero-order chi connectivity index (χ0) is 10.4. The third-order valence-corrected chi connectivity index (χ3v) is 2.50. The van der Waals surface area contributed by atoms with Crippen molar-refractivity contribution in [3.63, 3.8) is 0 Å². The van der Waals surface area contributed by atoms with Crippen LogP contribution >= 0.6 is 11.8 Å². The first-order valence-electron chi connectivity index (χ1n) is 4.87. The van der Waals surface area contributed by atoms with Gasteiger partial charge in [0.25, 0.3) is 0 Å². The minimum absolute atomic E-state index is 0.406. The van der Waals surface area contributed by atoms with Crippen LogP contribution in [0.2, 0.25) is 0 Å². The summed E-state index contributed by atoms with van der Waals surface area (Å²) in [6.45, 7) is 7.71. The van der Waals surface area contributed by atoms with Crippen molar-refractivity contribution in [2.24, 2.45) is 0 Å². The molecule has 0 unspecified atom stereocenters. The van der Waals surface area contributed by atoms with Crippen LogP contribution in [-0.4, -0.2) is 34.1 Å². The van der Waals surface area contributed by atoms with Gasteiger partial charge in [-0.25, -0.2) is 4.98 Å². The number of ether oxygens (including phenoxy) is 1. The third-order valence-electron chi connectivity index (χ3n) is 1.69. The average Bonchev–Trinajstić information content (AvgIpc) is 2.61. The van der Waals surface area contributed by atoms with Crippen LogP contribution in [0.1, 0.15) is 32.5 Å². The van der Waals surface area contributed by atoms with Crippen molar-refractivity contribution in [1.29, 1.82) is 0 Å². The first kappa shape index (κ1) is 11.5. The number of aromatic amines is 1. The fraction of sp³-hybridized carbons (Fsp3) is 0.778. The highest BCUT2D eigenvalue weighted by molar-refractivity contribution is 7.99. The summed E-state index contributed by atoms with van der Waals surface area (Å²) in [6, 6.07) is 0. The van der Waals surface area contributed by atoms with E-state index in [1.54, 1.807) is 11.8 Å². The third kappa shape index (κ3) is 3.67. The van der Waals surface area contributed by atoms with Gasteiger partial charge in [0.2, 0.25) is 5.16 Å². The van der Waals surface area contributed by atoms with Crippen LogP contribution < -0.4 is 0 Å². The summed E-state index contributed by atoms with van der Waals surface area (Å²) < 4.78 is 5.22. The van der Waals surface area contributed by atoms with Crippen molar-refractivity contribution >= 4 is 11.8 Å². The highest BCUT2D eigenvalue weighted by Gasteiger charge is 2.06. The van der Waals surface area contributed by atoms with E-state index in [9.17, 15) is 0 Å². The van der Waals surface area contributed by atoms with Crippen LogP contribution in [0.4, 0.5) is 0 Å². The number of nitrogens with zero attached hydrogens (tertiary/aromatic N) is 2. The predicted octanol–water partition coefficient (Wildman–Crippen LogP) is 2.06. The van der Waals surface area contributed by atoms with Gasteiger partial charge in [0.1, 0.15) is 5.82 Å². The fourth-order valence-electron chi connectivity index (χ4n) is 0.917. The molecule has 1 heterocycles. The van der Waals surface area contributed by atoms with Crippen LogP contribution in [0.15, 0.2) is 5.16 Å². The summed E-state index contributed by atoms with van der Waals surface area (Å²) in [7, 11) is 0. The highest BCUT2D eigenvalue weighted by atomic mass is 32.2. The number of hydrogen-bond donors (Lipinski definition) is 1. The number of H-pyrrole nitrogens is 1. The molecule has 0 atom stereocenters. The number of aromatic nitrogens is 3. The lowest BCUT2D eigenvalue weighted by molar-refractivity contribution is 0.164. The smallest absolute Gasteiger partial charge is 0.208 e. The molecule has 0 saturated carbocycles. The summed E-state index contributed by atoms with van der Waals surface area (Å²) in [4.78, 5) is 4.35. The van der Waals surface area contributed by atoms with E-state index in [1.807, 2.05) is 6.92 Å². The predicted molar refractivity (Wildman–Crippen MR) is 57.7 cm³/mol. The van der Waals surface area contributed by atoms with Gasteiger partial charge in [-0.1, -0.05) is 25.6 Å². The molecule has 1 rings (SSSR count). The topological polar surface area (TPSA) is 50.8 Å². The van der Waals surface area contributed by atoms with Crippen LogP contribution in [0.5, 0.6) is 0 Å². The lowest BCUT2D eigenvalue weighted by Gasteiger charge is -1.97. The van der Waals surface area contributed by atoms with Gasteiger partial charge in [-0.15, -0.1) is 5.10 Å². The van der Waals surface area contributed by atoms with Crippen molar-refractivity contribution in [3.05, 3.63) is 5.82 Å². The van der Waals surface area contributed by atoms with Gasteiger partial charge >= 0.3 is 0 Å². The molecule has 14 heavy (non-hydrogen) atoms. The molecule has 0 saturated heterocycles. The largest absolute Gasteiger partial charge is 0.381 e. The minimum atomic E-state index is 0.406. The molecular weight excluding hydrogens is 198 g/mol. The SMILES string of the molecule is CCOCCSc1n[nH]c(C(C)C)n1. The Balaban J connectivity index is 2.29. The minimum Gasteiger partial charge on any atom is -0.381 e. The Kier molecular flexibility index (Phi) is 4.97. The van der Waals surface area contributed by atoms with Crippen molar-refractivity contribution in [2.45, 2.75) is 31.8 Å². The van der Waals surface area contributed by atoms with Gasteiger partial charge in [0, 0.05) is 18.3 Å². The normalized spacial score (nSPS) is 11.1. The molecule has 0 radical (unpaired) electrons. The molecule has 0 spiro atoms. The second-order valence-electron chi connectivity index (χ2n) is 3.20. The van der Waals surface area contributed by atoms with Crippen LogP contribution in [-0.2, 0) is 4.74 Å². The standard InChI is InChI=1S/C9H17N3OS/c1-4-13-5-6-14-9-10-8(7(2)3)11-12-9/h7H,4-6H2,1-3H3,(H,10,11,12). The molecule has 0 amide bonds. The van der Waals surface area contributed by atoms with E-state index in [1.165, 1.54) is 0 Å². The maximum atomic E-state index is 5.22. The van der Waals surface area contributed by atoms with Crippen LogP contribution in [0.3, 0.4) is 0 Å². The highest BCUT2D eigenvalue weighted by Crippen LogP contribution is 2.15. The summed E-state index contributed by atoms with van der Waals surface area (Å²) in [6.07, 6.45) is 0. The molecule has 0 aliphatic heterocycles. The van der Waals surface area contributed by atoms with Gasteiger partial charge in [-0.2, -0.15) is 0 Å². The monoisotopic (exact) mass is 215 g/mol.